The van der Waals surface area contributed by atoms with Crippen molar-refractivity contribution in [3.63, 3.8) is 0 Å². The molecule has 1 aliphatic heterocycles. The van der Waals surface area contributed by atoms with Gasteiger partial charge in [0.05, 0.1) is 29.3 Å². The second kappa shape index (κ2) is 8.63. The molecular formula is C21H20ClN3O4. The first-order chi connectivity index (χ1) is 14.1. The number of nitrogens with one attached hydrogen (secondary N) is 1. The Hall–Kier alpha value is -2.90. The smallest absolute Gasteiger partial charge is 0.360 e. The zero-order valence-electron chi connectivity index (χ0n) is 15.9. The highest BCUT2D eigenvalue weighted by molar-refractivity contribution is 6.32. The molecule has 0 amide bonds. The Morgan fingerprint density at radius 1 is 1.24 bits per heavy atom. The molecule has 1 unspecified atom stereocenters. The van der Waals surface area contributed by atoms with Crippen LogP contribution in [0.4, 0.5) is 11.5 Å². The van der Waals surface area contributed by atoms with Gasteiger partial charge in [0.15, 0.2) is 11.5 Å². The first kappa shape index (κ1) is 19.4. The lowest BCUT2D eigenvalue weighted by atomic mass is 10.2. The molecule has 0 bridgehead atoms. The topological polar surface area (TPSA) is 82.6 Å². The molecule has 0 radical (unpaired) electrons. The van der Waals surface area contributed by atoms with Crippen molar-refractivity contribution in [1.29, 1.82) is 0 Å². The summed E-state index contributed by atoms with van der Waals surface area (Å²) in [5, 5.41) is 3.56. The summed E-state index contributed by atoms with van der Waals surface area (Å²) in [5.74, 6) is 0.293. The number of esters is 1. The van der Waals surface area contributed by atoms with Crippen LogP contribution < -0.4 is 10.1 Å². The molecule has 0 saturated carbocycles. The van der Waals surface area contributed by atoms with Crippen molar-refractivity contribution >= 4 is 40.1 Å². The fourth-order valence-corrected chi connectivity index (χ4v) is 3.38. The van der Waals surface area contributed by atoms with Gasteiger partial charge in [-0.15, -0.1) is 0 Å². The maximum absolute atomic E-state index is 12.8. The zero-order chi connectivity index (χ0) is 20.2. The number of methoxy groups -OCH3 is 1. The number of aromatic nitrogens is 2. The number of hydrogen-bond acceptors (Lipinski definition) is 7. The Morgan fingerprint density at radius 3 is 2.72 bits per heavy atom. The highest BCUT2D eigenvalue weighted by Gasteiger charge is 2.22. The Labute approximate surface area is 173 Å². The molecule has 2 aromatic carbocycles. The van der Waals surface area contributed by atoms with E-state index in [1.165, 1.54) is 0 Å². The number of ether oxygens (including phenoxy) is 3. The van der Waals surface area contributed by atoms with E-state index in [1.54, 1.807) is 31.4 Å². The number of hydrogen-bond donors (Lipinski definition) is 1. The van der Waals surface area contributed by atoms with E-state index in [1.807, 2.05) is 18.2 Å². The normalized spacial score (nSPS) is 16.0. The van der Waals surface area contributed by atoms with Crippen molar-refractivity contribution in [2.45, 2.75) is 18.9 Å². The lowest BCUT2D eigenvalue weighted by Gasteiger charge is -2.14. The summed E-state index contributed by atoms with van der Waals surface area (Å²) in [7, 11) is 1.55. The maximum Gasteiger partial charge on any atom is 0.360 e. The molecule has 8 heteroatoms. The van der Waals surface area contributed by atoms with Crippen LogP contribution in [0.15, 0.2) is 42.5 Å². The van der Waals surface area contributed by atoms with Crippen molar-refractivity contribution in [1.82, 2.24) is 9.97 Å². The van der Waals surface area contributed by atoms with Crippen molar-refractivity contribution < 1.29 is 19.0 Å². The molecule has 0 aliphatic carbocycles. The summed E-state index contributed by atoms with van der Waals surface area (Å²) in [5.41, 5.74) is 2.02. The first-order valence-corrected chi connectivity index (χ1v) is 9.68. The number of carbonyl (C=O) groups is 1. The molecule has 1 aromatic heterocycles. The van der Waals surface area contributed by atoms with E-state index >= 15 is 0 Å². The van der Waals surface area contributed by atoms with Gasteiger partial charge < -0.3 is 19.5 Å². The van der Waals surface area contributed by atoms with Crippen LogP contribution in [0.25, 0.3) is 11.0 Å². The van der Waals surface area contributed by atoms with Crippen LogP contribution in [-0.2, 0) is 9.47 Å². The van der Waals surface area contributed by atoms with E-state index in [0.717, 1.165) is 12.8 Å². The summed E-state index contributed by atoms with van der Waals surface area (Å²) in [6.07, 6.45) is 1.79. The largest absolute Gasteiger partial charge is 0.495 e. The van der Waals surface area contributed by atoms with Crippen LogP contribution in [0.2, 0.25) is 5.02 Å². The second-order valence-electron chi connectivity index (χ2n) is 6.62. The molecule has 1 atom stereocenters. The highest BCUT2D eigenvalue weighted by Crippen LogP contribution is 2.29. The summed E-state index contributed by atoms with van der Waals surface area (Å²) in [6, 6.07) is 12.5. The molecule has 1 saturated heterocycles. The van der Waals surface area contributed by atoms with Gasteiger partial charge in [0, 0.05) is 12.3 Å². The number of anilines is 2. The van der Waals surface area contributed by atoms with Crippen LogP contribution in [0.5, 0.6) is 5.75 Å². The lowest BCUT2D eigenvalue weighted by Crippen LogP contribution is -2.19. The Balaban J connectivity index is 1.64. The van der Waals surface area contributed by atoms with Crippen molar-refractivity contribution in [3.05, 3.63) is 53.2 Å². The van der Waals surface area contributed by atoms with Crippen molar-refractivity contribution in [3.8, 4) is 5.75 Å². The molecule has 1 N–H and O–H groups in total. The minimum absolute atomic E-state index is 0.0656. The monoisotopic (exact) mass is 413 g/mol. The number of halogens is 1. The number of benzene rings is 2. The molecule has 2 heterocycles. The van der Waals surface area contributed by atoms with E-state index in [2.05, 4.69) is 15.3 Å². The molecular weight excluding hydrogens is 394 g/mol. The van der Waals surface area contributed by atoms with Crippen LogP contribution in [0.3, 0.4) is 0 Å². The van der Waals surface area contributed by atoms with Crippen LogP contribution in [0.1, 0.15) is 23.3 Å². The molecule has 7 nitrogen and oxygen atoms in total. The Morgan fingerprint density at radius 2 is 2.03 bits per heavy atom. The van der Waals surface area contributed by atoms with E-state index < -0.39 is 5.97 Å². The quantitative estimate of drug-likeness (QED) is 0.600. The number of fused-ring (bicyclic) bond motifs is 1. The van der Waals surface area contributed by atoms with E-state index in [-0.39, 0.29) is 18.4 Å². The number of para-hydroxylation sites is 2. The van der Waals surface area contributed by atoms with Gasteiger partial charge in [-0.05, 0) is 43.2 Å². The van der Waals surface area contributed by atoms with Gasteiger partial charge in [0.2, 0.25) is 0 Å². The third-order valence-corrected chi connectivity index (χ3v) is 4.90. The summed E-state index contributed by atoms with van der Waals surface area (Å²) >= 11 is 6.21. The summed E-state index contributed by atoms with van der Waals surface area (Å²) in [6.45, 7) is 0.893. The average Bonchev–Trinajstić information content (AvgIpc) is 3.25. The molecule has 3 aromatic rings. The average molecular weight is 414 g/mol. The van der Waals surface area contributed by atoms with E-state index in [0.29, 0.717) is 39.9 Å². The zero-order valence-corrected chi connectivity index (χ0v) is 16.6. The molecule has 29 heavy (non-hydrogen) atoms. The van der Waals surface area contributed by atoms with E-state index in [4.69, 9.17) is 25.8 Å². The predicted octanol–water partition coefficient (Wildman–Crippen LogP) is 4.37. The minimum atomic E-state index is -0.555. The lowest BCUT2D eigenvalue weighted by molar-refractivity contribution is 0.0157. The molecule has 1 aliphatic rings. The number of rotatable bonds is 6. The fraction of sp³-hybridized carbons (Fsp3) is 0.286. The Kier molecular flexibility index (Phi) is 5.78. The van der Waals surface area contributed by atoms with Gasteiger partial charge in [-0.3, -0.25) is 0 Å². The van der Waals surface area contributed by atoms with Crippen molar-refractivity contribution in [2.75, 3.05) is 25.6 Å². The highest BCUT2D eigenvalue weighted by atomic mass is 35.5. The molecule has 0 spiro atoms. The Bertz CT molecular complexity index is 1040. The van der Waals surface area contributed by atoms with Crippen LogP contribution in [-0.4, -0.2) is 42.4 Å². The molecule has 4 rings (SSSR count). The number of carbonyl (C=O) groups excluding carboxylic acids is 1. The van der Waals surface area contributed by atoms with E-state index in [9.17, 15) is 4.79 Å². The fourth-order valence-electron chi connectivity index (χ4n) is 3.12. The third-order valence-electron chi connectivity index (χ3n) is 4.60. The van der Waals surface area contributed by atoms with Gasteiger partial charge in [0.1, 0.15) is 12.4 Å². The van der Waals surface area contributed by atoms with Gasteiger partial charge in [-0.25, -0.2) is 14.8 Å². The first-order valence-electron chi connectivity index (χ1n) is 9.30. The third kappa shape index (κ3) is 4.41. The predicted molar refractivity (Wildman–Crippen MR) is 110 cm³/mol. The van der Waals surface area contributed by atoms with Crippen LogP contribution >= 0.6 is 11.6 Å². The van der Waals surface area contributed by atoms with Crippen LogP contribution in [0, 0.1) is 0 Å². The molecule has 150 valence electrons. The van der Waals surface area contributed by atoms with Gasteiger partial charge >= 0.3 is 5.97 Å². The van der Waals surface area contributed by atoms with Gasteiger partial charge in [0.25, 0.3) is 0 Å². The SMILES string of the molecule is COc1ccc(Nc2nc3ccccc3nc2C(=O)OCC2CCCO2)cc1Cl. The van der Waals surface area contributed by atoms with Gasteiger partial charge in [-0.1, -0.05) is 23.7 Å². The molecule has 1 fully saturated rings. The van der Waals surface area contributed by atoms with Gasteiger partial charge in [-0.2, -0.15) is 0 Å². The summed E-state index contributed by atoms with van der Waals surface area (Å²) < 4.78 is 16.1. The van der Waals surface area contributed by atoms with Crippen molar-refractivity contribution in [2.24, 2.45) is 0 Å². The summed E-state index contributed by atoms with van der Waals surface area (Å²) in [4.78, 5) is 21.8. The minimum Gasteiger partial charge on any atom is -0.495 e. The number of nitrogens with zero attached hydrogens (tertiary/aromatic N) is 2. The standard InChI is InChI=1S/C21H20ClN3O4/c1-27-18-9-8-13(11-15(18)22)23-20-19(21(26)29-12-14-5-4-10-28-14)24-16-6-2-3-7-17(16)25-20/h2-3,6-9,11,14H,4-5,10,12H2,1H3,(H,23,25). The maximum atomic E-state index is 12.8. The second-order valence-corrected chi connectivity index (χ2v) is 7.02.